The molecule has 0 saturated heterocycles. The highest BCUT2D eigenvalue weighted by Crippen LogP contribution is 2.36. The van der Waals surface area contributed by atoms with E-state index in [9.17, 15) is 31.2 Å². The number of unbranched alkanes of at least 4 members (excludes halogenated alkanes) is 1. The zero-order chi connectivity index (χ0) is 28.7. The van der Waals surface area contributed by atoms with Crippen LogP contribution in [0.15, 0.2) is 42.5 Å². The van der Waals surface area contributed by atoms with E-state index >= 15 is 0 Å². The van der Waals surface area contributed by atoms with E-state index in [2.05, 4.69) is 5.32 Å². The number of benzene rings is 2. The molecule has 0 saturated carbocycles. The monoisotopic (exact) mass is 575 g/mol. The molecule has 0 aliphatic carbocycles. The molecule has 1 atom stereocenters. The minimum atomic E-state index is -4.76. The topological polar surface area (TPSA) is 86.8 Å². The maximum Gasteiger partial charge on any atom is 0.416 e. The maximum absolute atomic E-state index is 13.7. The second-order valence-corrected chi connectivity index (χ2v) is 11.3. The van der Waals surface area contributed by atoms with Gasteiger partial charge in [-0.05, 0) is 43.5 Å². The van der Waals surface area contributed by atoms with Gasteiger partial charge in [0.25, 0.3) is 0 Å². The highest BCUT2D eigenvalue weighted by molar-refractivity contribution is 7.92. The Balaban J connectivity index is 2.51. The highest BCUT2D eigenvalue weighted by Gasteiger charge is 2.35. The quantitative estimate of drug-likeness (QED) is 0.354. The van der Waals surface area contributed by atoms with Crippen molar-refractivity contribution in [2.24, 2.45) is 0 Å². The molecular formula is C26H33ClF3N3O4S. The third kappa shape index (κ3) is 8.62. The van der Waals surface area contributed by atoms with Gasteiger partial charge in [-0.25, -0.2) is 8.42 Å². The molecule has 2 rings (SSSR count). The van der Waals surface area contributed by atoms with Crippen molar-refractivity contribution in [1.29, 1.82) is 0 Å². The summed E-state index contributed by atoms with van der Waals surface area (Å²) < 4.78 is 66.0. The van der Waals surface area contributed by atoms with E-state index in [0.29, 0.717) is 22.5 Å². The third-order valence-electron chi connectivity index (χ3n) is 5.87. The Labute approximate surface area is 227 Å². The number of carbonyl (C=O) groups is 2. The molecule has 7 nitrogen and oxygen atoms in total. The van der Waals surface area contributed by atoms with E-state index in [1.807, 2.05) is 26.0 Å². The van der Waals surface area contributed by atoms with Crippen molar-refractivity contribution in [1.82, 2.24) is 10.2 Å². The van der Waals surface area contributed by atoms with Gasteiger partial charge >= 0.3 is 6.18 Å². The number of amides is 2. The molecule has 12 heteroatoms. The molecule has 0 aliphatic heterocycles. The van der Waals surface area contributed by atoms with E-state index in [1.54, 1.807) is 19.1 Å². The lowest BCUT2D eigenvalue weighted by Crippen LogP contribution is -2.52. The molecule has 2 aromatic carbocycles. The van der Waals surface area contributed by atoms with E-state index in [4.69, 9.17) is 11.6 Å². The zero-order valence-corrected chi connectivity index (χ0v) is 23.4. The van der Waals surface area contributed by atoms with Gasteiger partial charge in [-0.1, -0.05) is 61.7 Å². The number of nitrogens with zero attached hydrogens (tertiary/aromatic N) is 2. The first-order valence-corrected chi connectivity index (χ1v) is 14.4. The van der Waals surface area contributed by atoms with E-state index in [1.165, 1.54) is 4.90 Å². The lowest BCUT2D eigenvalue weighted by Gasteiger charge is -2.33. The van der Waals surface area contributed by atoms with E-state index < -0.39 is 51.9 Å². The number of aryl methyl sites for hydroxylation is 1. The fourth-order valence-corrected chi connectivity index (χ4v) is 5.03. The number of halogens is 4. The van der Waals surface area contributed by atoms with Gasteiger partial charge in [-0.15, -0.1) is 0 Å². The van der Waals surface area contributed by atoms with Gasteiger partial charge in [0.05, 0.1) is 22.5 Å². The van der Waals surface area contributed by atoms with Crippen molar-refractivity contribution in [3.8, 4) is 0 Å². The molecular weight excluding hydrogens is 543 g/mol. The number of alkyl halides is 3. The fraction of sp³-hybridized carbons (Fsp3) is 0.462. The number of hydrogen-bond donors (Lipinski definition) is 1. The van der Waals surface area contributed by atoms with Crippen LogP contribution in [0.3, 0.4) is 0 Å². The average Bonchev–Trinajstić information content (AvgIpc) is 2.81. The predicted octanol–water partition coefficient (Wildman–Crippen LogP) is 5.16. The molecule has 0 heterocycles. The first-order valence-electron chi connectivity index (χ1n) is 12.2. The van der Waals surface area contributed by atoms with Crippen LogP contribution in [-0.4, -0.2) is 50.5 Å². The molecule has 1 unspecified atom stereocenters. The van der Waals surface area contributed by atoms with Crippen molar-refractivity contribution in [2.45, 2.75) is 58.8 Å². The van der Waals surface area contributed by atoms with Crippen molar-refractivity contribution < 1.29 is 31.2 Å². The number of sulfonamides is 1. The van der Waals surface area contributed by atoms with Crippen LogP contribution in [0.4, 0.5) is 18.9 Å². The Bertz CT molecular complexity index is 1240. The van der Waals surface area contributed by atoms with E-state index in [-0.39, 0.29) is 18.0 Å². The lowest BCUT2D eigenvalue weighted by molar-refractivity contribution is -0.140. The van der Waals surface area contributed by atoms with Crippen LogP contribution in [0.1, 0.15) is 49.8 Å². The van der Waals surface area contributed by atoms with E-state index in [0.717, 1.165) is 36.8 Å². The summed E-state index contributed by atoms with van der Waals surface area (Å²) in [6.07, 6.45) is -2.16. The molecule has 1 N–H and O–H groups in total. The van der Waals surface area contributed by atoms with Crippen molar-refractivity contribution in [3.05, 3.63) is 64.2 Å². The smallest absolute Gasteiger partial charge is 0.354 e. The fourth-order valence-electron chi connectivity index (χ4n) is 3.91. The Morgan fingerprint density at radius 1 is 1.11 bits per heavy atom. The molecule has 0 aliphatic rings. The Kier molecular flexibility index (Phi) is 11.0. The van der Waals surface area contributed by atoms with Gasteiger partial charge in [-0.2, -0.15) is 13.2 Å². The van der Waals surface area contributed by atoms with Crippen LogP contribution in [0, 0.1) is 6.92 Å². The first-order chi connectivity index (χ1) is 17.7. The van der Waals surface area contributed by atoms with Crippen molar-refractivity contribution >= 4 is 39.1 Å². The van der Waals surface area contributed by atoms with Crippen LogP contribution >= 0.6 is 11.6 Å². The maximum atomic E-state index is 13.7. The number of rotatable bonds is 12. The van der Waals surface area contributed by atoms with Gasteiger partial charge in [0, 0.05) is 13.1 Å². The third-order valence-corrected chi connectivity index (χ3v) is 7.32. The molecule has 210 valence electrons. The lowest BCUT2D eigenvalue weighted by atomic mass is 10.1. The summed E-state index contributed by atoms with van der Waals surface area (Å²) >= 11 is 6.11. The number of hydrogen-bond acceptors (Lipinski definition) is 4. The minimum absolute atomic E-state index is 0.00581. The normalized spacial score (nSPS) is 12.6. The van der Waals surface area contributed by atoms with Crippen LogP contribution in [0.5, 0.6) is 0 Å². The largest absolute Gasteiger partial charge is 0.416 e. The van der Waals surface area contributed by atoms with Gasteiger partial charge < -0.3 is 10.2 Å². The summed E-state index contributed by atoms with van der Waals surface area (Å²) in [7, 11) is -4.25. The summed E-state index contributed by atoms with van der Waals surface area (Å²) in [6, 6.07) is 8.59. The predicted molar refractivity (Wildman–Crippen MR) is 142 cm³/mol. The summed E-state index contributed by atoms with van der Waals surface area (Å²) in [5, 5.41) is 2.53. The Morgan fingerprint density at radius 3 is 2.34 bits per heavy atom. The number of carbonyl (C=O) groups excluding carboxylic acids is 2. The summed E-state index contributed by atoms with van der Waals surface area (Å²) in [4.78, 5) is 28.0. The Morgan fingerprint density at radius 2 is 1.79 bits per heavy atom. The molecule has 0 fully saturated rings. The van der Waals surface area contributed by atoms with Crippen molar-refractivity contribution in [3.63, 3.8) is 0 Å². The molecule has 38 heavy (non-hydrogen) atoms. The summed E-state index contributed by atoms with van der Waals surface area (Å²) in [5.74, 6) is -1.16. The average molecular weight is 576 g/mol. The van der Waals surface area contributed by atoms with Crippen molar-refractivity contribution in [2.75, 3.05) is 23.7 Å². The first kappa shape index (κ1) is 31.4. The SMILES string of the molecule is CCCCNC(=O)C(CC)N(Cc1cccc(C)c1)C(=O)CN(c1cc(C(F)(F)F)ccc1Cl)S(C)(=O)=O. The molecule has 0 radical (unpaired) electrons. The molecule has 0 aromatic heterocycles. The molecule has 0 spiro atoms. The van der Waals surface area contributed by atoms with Crippen LogP contribution in [0.2, 0.25) is 5.02 Å². The number of anilines is 1. The van der Waals surface area contributed by atoms with Gasteiger partial charge in [-0.3, -0.25) is 13.9 Å². The second kappa shape index (κ2) is 13.3. The second-order valence-electron chi connectivity index (χ2n) is 9.01. The molecule has 2 aromatic rings. The molecule has 2 amide bonds. The zero-order valence-electron chi connectivity index (χ0n) is 21.8. The number of nitrogens with one attached hydrogen (secondary N) is 1. The Hall–Kier alpha value is -2.79. The van der Waals surface area contributed by atoms with Crippen LogP contribution in [-0.2, 0) is 32.3 Å². The van der Waals surface area contributed by atoms with Gasteiger partial charge in [0.2, 0.25) is 21.8 Å². The summed E-state index contributed by atoms with van der Waals surface area (Å²) in [6.45, 7) is 5.12. The van der Waals surface area contributed by atoms with Gasteiger partial charge in [0.1, 0.15) is 12.6 Å². The van der Waals surface area contributed by atoms with Gasteiger partial charge in [0.15, 0.2) is 0 Å². The highest BCUT2D eigenvalue weighted by atomic mass is 35.5. The standard InChI is InChI=1S/C26H33ClF3N3O4S/c1-5-7-13-31-25(35)22(6-2)32(16-19-10-8-9-18(3)14-19)24(34)17-33(38(4,36)37)23-15-20(26(28,29)30)11-12-21(23)27/h8-12,14-15,22H,5-7,13,16-17H2,1-4H3,(H,31,35). The summed E-state index contributed by atoms with van der Waals surface area (Å²) in [5.41, 5.74) is 0.0367. The molecule has 0 bridgehead atoms. The minimum Gasteiger partial charge on any atom is -0.354 e. The van der Waals surface area contributed by atoms with Crippen LogP contribution in [0.25, 0.3) is 0 Å². The van der Waals surface area contributed by atoms with Crippen LogP contribution < -0.4 is 9.62 Å².